The number of thiazole rings is 1. The van der Waals surface area contributed by atoms with Crippen molar-refractivity contribution in [3.05, 3.63) is 16.6 Å². The summed E-state index contributed by atoms with van der Waals surface area (Å²) in [6, 6.07) is 0. The van der Waals surface area contributed by atoms with Crippen LogP contribution in [-0.4, -0.2) is 17.6 Å². The highest BCUT2D eigenvalue weighted by Gasteiger charge is 2.03. The Morgan fingerprint density at radius 2 is 2.50 bits per heavy atom. The Hall–Kier alpha value is -0.900. The lowest BCUT2D eigenvalue weighted by Gasteiger charge is -2.02. The number of rotatable bonds is 6. The number of unbranched alkanes of at least 4 members (excludes halogenated alkanes) is 1. The molecule has 1 aromatic heterocycles. The van der Waals surface area contributed by atoms with E-state index in [2.05, 4.69) is 11.9 Å². The van der Waals surface area contributed by atoms with E-state index in [-0.39, 0.29) is 5.97 Å². The van der Waals surface area contributed by atoms with E-state index in [0.29, 0.717) is 19.4 Å². The third-order valence-electron chi connectivity index (χ3n) is 1.83. The molecule has 0 amide bonds. The Kier molecular flexibility index (Phi) is 5.22. The van der Waals surface area contributed by atoms with Crippen LogP contribution in [0.25, 0.3) is 0 Å². The molecule has 1 heterocycles. The number of carbonyl (C=O) groups excluding carboxylic acids is 1. The van der Waals surface area contributed by atoms with E-state index < -0.39 is 0 Å². The largest absolute Gasteiger partial charge is 0.466 e. The molecule has 0 fully saturated rings. The van der Waals surface area contributed by atoms with E-state index in [1.165, 1.54) is 0 Å². The zero-order chi connectivity index (χ0) is 10.2. The predicted octanol–water partition coefficient (Wildman–Crippen LogP) is 2.42. The molecule has 0 aliphatic carbocycles. The first-order valence-electron chi connectivity index (χ1n) is 4.85. The summed E-state index contributed by atoms with van der Waals surface area (Å²) in [4.78, 5) is 15.3. The first kappa shape index (κ1) is 11.2. The SMILES string of the molecule is CCCCOC(=O)CCc1cscn1. The second-order valence-electron chi connectivity index (χ2n) is 3.05. The van der Waals surface area contributed by atoms with Crippen LogP contribution >= 0.6 is 11.3 Å². The van der Waals surface area contributed by atoms with E-state index in [1.807, 2.05) is 5.38 Å². The molecule has 1 aromatic rings. The molecule has 0 atom stereocenters. The molecule has 1 rings (SSSR count). The Labute approximate surface area is 88.1 Å². The van der Waals surface area contributed by atoms with Gasteiger partial charge in [0.05, 0.1) is 24.2 Å². The van der Waals surface area contributed by atoms with Gasteiger partial charge in [-0.1, -0.05) is 13.3 Å². The average Bonchev–Trinajstić information content (AvgIpc) is 2.68. The summed E-state index contributed by atoms with van der Waals surface area (Å²) in [5.41, 5.74) is 2.75. The number of esters is 1. The maximum atomic E-state index is 11.2. The van der Waals surface area contributed by atoms with E-state index in [1.54, 1.807) is 16.8 Å². The second kappa shape index (κ2) is 6.54. The van der Waals surface area contributed by atoms with Gasteiger partial charge < -0.3 is 4.74 Å². The van der Waals surface area contributed by atoms with Crippen LogP contribution in [0.5, 0.6) is 0 Å². The summed E-state index contributed by atoms with van der Waals surface area (Å²) in [7, 11) is 0. The molecular weight excluding hydrogens is 198 g/mol. The fourth-order valence-electron chi connectivity index (χ4n) is 0.994. The summed E-state index contributed by atoms with van der Waals surface area (Å²) >= 11 is 1.55. The first-order chi connectivity index (χ1) is 6.83. The number of carbonyl (C=O) groups is 1. The molecule has 4 heteroatoms. The lowest BCUT2D eigenvalue weighted by Crippen LogP contribution is -2.06. The summed E-state index contributed by atoms with van der Waals surface area (Å²) in [5, 5.41) is 1.96. The standard InChI is InChI=1S/C10H15NO2S/c1-2-3-6-13-10(12)5-4-9-7-14-8-11-9/h7-8H,2-6H2,1H3. The van der Waals surface area contributed by atoms with Crippen molar-refractivity contribution in [2.45, 2.75) is 32.6 Å². The molecule has 3 nitrogen and oxygen atoms in total. The van der Waals surface area contributed by atoms with E-state index >= 15 is 0 Å². The number of aromatic nitrogens is 1. The van der Waals surface area contributed by atoms with Crippen molar-refractivity contribution in [3.63, 3.8) is 0 Å². The molecule has 0 N–H and O–H groups in total. The van der Waals surface area contributed by atoms with Crippen LogP contribution in [0.15, 0.2) is 10.9 Å². The van der Waals surface area contributed by atoms with E-state index in [0.717, 1.165) is 18.5 Å². The molecule has 0 unspecified atom stereocenters. The van der Waals surface area contributed by atoms with Gasteiger partial charge in [0.25, 0.3) is 0 Å². The van der Waals surface area contributed by atoms with Crippen molar-refractivity contribution >= 4 is 17.3 Å². The van der Waals surface area contributed by atoms with Gasteiger partial charge in [0, 0.05) is 11.8 Å². The third kappa shape index (κ3) is 4.37. The van der Waals surface area contributed by atoms with Crippen molar-refractivity contribution < 1.29 is 9.53 Å². The van der Waals surface area contributed by atoms with Crippen LogP contribution < -0.4 is 0 Å². The summed E-state index contributed by atoms with van der Waals surface area (Å²) in [5.74, 6) is -0.119. The van der Waals surface area contributed by atoms with Gasteiger partial charge in [-0.25, -0.2) is 4.98 Å². The van der Waals surface area contributed by atoms with Gasteiger partial charge in [-0.2, -0.15) is 0 Å². The van der Waals surface area contributed by atoms with Gasteiger partial charge in [-0.15, -0.1) is 11.3 Å². The summed E-state index contributed by atoms with van der Waals surface area (Å²) in [6.07, 6.45) is 3.13. The minimum atomic E-state index is -0.119. The van der Waals surface area contributed by atoms with Crippen LogP contribution in [0.4, 0.5) is 0 Å². The molecule has 0 aliphatic rings. The molecule has 78 valence electrons. The molecule has 0 saturated carbocycles. The molecule has 0 saturated heterocycles. The van der Waals surface area contributed by atoms with Crippen molar-refractivity contribution in [2.24, 2.45) is 0 Å². The molecule has 0 bridgehead atoms. The van der Waals surface area contributed by atoms with E-state index in [9.17, 15) is 4.79 Å². The van der Waals surface area contributed by atoms with E-state index in [4.69, 9.17) is 4.74 Å². The summed E-state index contributed by atoms with van der Waals surface area (Å²) in [6.45, 7) is 2.62. The smallest absolute Gasteiger partial charge is 0.306 e. The lowest BCUT2D eigenvalue weighted by molar-refractivity contribution is -0.143. The van der Waals surface area contributed by atoms with Gasteiger partial charge in [-0.3, -0.25) is 4.79 Å². The average molecular weight is 213 g/mol. The van der Waals surface area contributed by atoms with Crippen molar-refractivity contribution in [1.29, 1.82) is 0 Å². The highest BCUT2D eigenvalue weighted by atomic mass is 32.1. The maximum Gasteiger partial charge on any atom is 0.306 e. The number of nitrogens with zero attached hydrogens (tertiary/aromatic N) is 1. The Bertz CT molecular complexity index is 259. The highest BCUT2D eigenvalue weighted by molar-refractivity contribution is 7.07. The fraction of sp³-hybridized carbons (Fsp3) is 0.600. The zero-order valence-corrected chi connectivity index (χ0v) is 9.18. The van der Waals surface area contributed by atoms with Crippen LogP contribution in [0.1, 0.15) is 31.9 Å². The molecule has 14 heavy (non-hydrogen) atoms. The summed E-state index contributed by atoms with van der Waals surface area (Å²) < 4.78 is 5.02. The Balaban J connectivity index is 2.09. The third-order valence-corrected chi connectivity index (χ3v) is 2.46. The second-order valence-corrected chi connectivity index (χ2v) is 3.77. The number of ether oxygens (including phenoxy) is 1. The van der Waals surface area contributed by atoms with Gasteiger partial charge >= 0.3 is 5.97 Å². The first-order valence-corrected chi connectivity index (χ1v) is 5.80. The normalized spacial score (nSPS) is 10.1. The lowest BCUT2D eigenvalue weighted by atomic mass is 10.2. The van der Waals surface area contributed by atoms with Crippen molar-refractivity contribution in [2.75, 3.05) is 6.61 Å². The van der Waals surface area contributed by atoms with Gasteiger partial charge in [0.2, 0.25) is 0 Å². The topological polar surface area (TPSA) is 39.2 Å². The minimum Gasteiger partial charge on any atom is -0.466 e. The molecule has 0 aliphatic heterocycles. The zero-order valence-electron chi connectivity index (χ0n) is 8.36. The molecular formula is C10H15NO2S. The number of aryl methyl sites for hydroxylation is 1. The highest BCUT2D eigenvalue weighted by Crippen LogP contribution is 2.04. The fourth-order valence-corrected chi connectivity index (χ4v) is 1.59. The van der Waals surface area contributed by atoms with Crippen LogP contribution in [0, 0.1) is 0 Å². The van der Waals surface area contributed by atoms with Gasteiger partial charge in [0.1, 0.15) is 0 Å². The van der Waals surface area contributed by atoms with Crippen LogP contribution in [0.2, 0.25) is 0 Å². The van der Waals surface area contributed by atoms with Gasteiger partial charge in [-0.05, 0) is 6.42 Å². The van der Waals surface area contributed by atoms with Gasteiger partial charge in [0.15, 0.2) is 0 Å². The number of hydrogen-bond acceptors (Lipinski definition) is 4. The Morgan fingerprint density at radius 1 is 1.64 bits per heavy atom. The molecule has 0 aromatic carbocycles. The van der Waals surface area contributed by atoms with Crippen LogP contribution in [0.3, 0.4) is 0 Å². The monoisotopic (exact) mass is 213 g/mol. The number of hydrogen-bond donors (Lipinski definition) is 0. The van der Waals surface area contributed by atoms with Crippen molar-refractivity contribution in [1.82, 2.24) is 4.98 Å². The predicted molar refractivity (Wildman–Crippen MR) is 56.3 cm³/mol. The molecule has 0 radical (unpaired) electrons. The van der Waals surface area contributed by atoms with Crippen LogP contribution in [-0.2, 0) is 16.0 Å². The van der Waals surface area contributed by atoms with Crippen molar-refractivity contribution in [3.8, 4) is 0 Å². The Morgan fingerprint density at radius 3 is 3.14 bits per heavy atom. The maximum absolute atomic E-state index is 11.2. The molecule has 0 spiro atoms. The quantitative estimate of drug-likeness (QED) is 0.538. The minimum absolute atomic E-state index is 0.119.